The molecule has 3 aliphatic rings. The molecule has 3 heterocycles. The SMILES string of the molecule is C=CCN(C(=O)C1N(CCCCCO)C(=O)[C@@H]2[C@@H](C(=O)N(CC=C)c3ccccc3)[C@@]3(C)CCC12O3)c1ccc(Cl)cc1. The number of carbonyl (C=O) groups excluding carboxylic acids is 3. The van der Waals surface area contributed by atoms with Gasteiger partial charge in [0.2, 0.25) is 11.8 Å². The van der Waals surface area contributed by atoms with E-state index in [2.05, 4.69) is 13.2 Å². The summed E-state index contributed by atoms with van der Waals surface area (Å²) in [5.41, 5.74) is -0.708. The Hall–Kier alpha value is -3.46. The number of ether oxygens (including phenoxy) is 1. The summed E-state index contributed by atoms with van der Waals surface area (Å²) in [6, 6.07) is 15.4. The maximum atomic E-state index is 14.7. The van der Waals surface area contributed by atoms with Gasteiger partial charge in [-0.3, -0.25) is 14.4 Å². The molecule has 3 aliphatic heterocycles. The molecule has 8 nitrogen and oxygen atoms in total. The van der Waals surface area contributed by atoms with Crippen molar-refractivity contribution < 1.29 is 24.2 Å². The first-order valence-corrected chi connectivity index (χ1v) is 15.4. The van der Waals surface area contributed by atoms with E-state index in [1.165, 1.54) is 0 Å². The highest BCUT2D eigenvalue weighted by molar-refractivity contribution is 6.30. The summed E-state index contributed by atoms with van der Waals surface area (Å²) in [6.45, 7) is 10.5. The van der Waals surface area contributed by atoms with Gasteiger partial charge in [-0.2, -0.15) is 0 Å². The lowest BCUT2D eigenvalue weighted by Gasteiger charge is -2.37. The molecule has 5 atom stereocenters. The predicted molar refractivity (Wildman–Crippen MR) is 168 cm³/mol. The number of hydrogen-bond donors (Lipinski definition) is 1. The highest BCUT2D eigenvalue weighted by Crippen LogP contribution is 2.63. The molecule has 228 valence electrons. The van der Waals surface area contributed by atoms with E-state index in [9.17, 15) is 19.5 Å². The molecule has 0 saturated carbocycles. The van der Waals surface area contributed by atoms with E-state index in [1.807, 2.05) is 37.3 Å². The summed E-state index contributed by atoms with van der Waals surface area (Å²) < 4.78 is 6.84. The molecule has 1 spiro atoms. The fraction of sp³-hybridized carbons (Fsp3) is 0.441. The lowest BCUT2D eigenvalue weighted by molar-refractivity contribution is -0.144. The summed E-state index contributed by atoms with van der Waals surface area (Å²) in [5.74, 6) is -2.29. The normalized spacial score (nSPS) is 27.2. The summed E-state index contributed by atoms with van der Waals surface area (Å²) >= 11 is 6.15. The molecule has 9 heteroatoms. The smallest absolute Gasteiger partial charge is 0.253 e. The molecule has 2 bridgehead atoms. The number of fused-ring (bicyclic) bond motifs is 1. The Morgan fingerprint density at radius 3 is 2.23 bits per heavy atom. The van der Waals surface area contributed by atoms with Crippen molar-refractivity contribution in [3.63, 3.8) is 0 Å². The summed E-state index contributed by atoms with van der Waals surface area (Å²) in [7, 11) is 0. The average Bonchev–Trinajstić information content (AvgIpc) is 3.57. The van der Waals surface area contributed by atoms with Crippen molar-refractivity contribution in [3.05, 3.63) is 84.9 Å². The van der Waals surface area contributed by atoms with Gasteiger partial charge in [-0.15, -0.1) is 13.2 Å². The lowest BCUT2D eigenvalue weighted by Crippen LogP contribution is -2.56. The standard InChI is InChI=1S/C34H40ClN3O5/c1-4-20-36(25-12-8-6-9-13-25)30(40)27-28-31(41)38(22-10-7-11-23-39)29(34(28)19-18-33(27,3)43-34)32(42)37(21-5-2)26-16-14-24(35)15-17-26/h4-6,8-9,12-17,27-29,39H,1-2,7,10-11,18-23H2,3H3/t27-,28-,29?,33+,34?/m0/s1. The number of rotatable bonds is 13. The number of hydrogen-bond acceptors (Lipinski definition) is 5. The van der Waals surface area contributed by atoms with Gasteiger partial charge in [-0.1, -0.05) is 42.0 Å². The Bertz CT molecular complexity index is 1370. The van der Waals surface area contributed by atoms with Gasteiger partial charge in [0.1, 0.15) is 11.6 Å². The quantitative estimate of drug-likeness (QED) is 0.256. The molecule has 3 amide bonds. The maximum Gasteiger partial charge on any atom is 0.253 e. The Balaban J connectivity index is 1.57. The molecule has 0 radical (unpaired) electrons. The van der Waals surface area contributed by atoms with Crippen LogP contribution in [0.25, 0.3) is 0 Å². The molecule has 0 aromatic heterocycles. The first-order valence-electron chi connectivity index (χ1n) is 15.0. The Labute approximate surface area is 258 Å². The van der Waals surface area contributed by atoms with Crippen LogP contribution in [0.5, 0.6) is 0 Å². The third kappa shape index (κ3) is 5.41. The van der Waals surface area contributed by atoms with Crippen molar-refractivity contribution in [1.82, 2.24) is 4.90 Å². The van der Waals surface area contributed by atoms with Crippen LogP contribution in [-0.2, 0) is 19.1 Å². The van der Waals surface area contributed by atoms with Crippen molar-refractivity contribution in [2.45, 2.75) is 56.3 Å². The zero-order valence-electron chi connectivity index (χ0n) is 24.7. The summed E-state index contributed by atoms with van der Waals surface area (Å²) in [5, 5.41) is 9.87. The molecule has 2 aromatic carbocycles. The van der Waals surface area contributed by atoms with Gasteiger partial charge in [0.25, 0.3) is 5.91 Å². The lowest BCUT2D eigenvalue weighted by atomic mass is 9.66. The van der Waals surface area contributed by atoms with Crippen LogP contribution in [0.1, 0.15) is 39.0 Å². The van der Waals surface area contributed by atoms with Crippen molar-refractivity contribution in [1.29, 1.82) is 0 Å². The third-order valence-corrected chi connectivity index (χ3v) is 9.45. The number of carbonyl (C=O) groups is 3. The number of benzene rings is 2. The fourth-order valence-corrected chi connectivity index (χ4v) is 7.47. The second kappa shape index (κ2) is 12.6. The van der Waals surface area contributed by atoms with Crippen LogP contribution < -0.4 is 9.80 Å². The monoisotopic (exact) mass is 605 g/mol. The first-order chi connectivity index (χ1) is 20.7. The van der Waals surface area contributed by atoms with E-state index in [-0.39, 0.29) is 37.4 Å². The van der Waals surface area contributed by atoms with E-state index < -0.39 is 29.1 Å². The van der Waals surface area contributed by atoms with Crippen LogP contribution in [0.4, 0.5) is 11.4 Å². The van der Waals surface area contributed by atoms with Gasteiger partial charge < -0.3 is 24.5 Å². The number of likely N-dealkylation sites (tertiary alicyclic amines) is 1. The van der Waals surface area contributed by atoms with Gasteiger partial charge >= 0.3 is 0 Å². The number of aliphatic hydroxyl groups excluding tert-OH is 1. The fourth-order valence-electron chi connectivity index (χ4n) is 7.34. The predicted octanol–water partition coefficient (Wildman–Crippen LogP) is 5.01. The van der Waals surface area contributed by atoms with E-state index in [1.54, 1.807) is 51.1 Å². The molecule has 3 saturated heterocycles. The number of anilines is 2. The molecule has 43 heavy (non-hydrogen) atoms. The van der Waals surface area contributed by atoms with E-state index in [0.29, 0.717) is 55.0 Å². The number of amides is 3. The first kappa shape index (κ1) is 31.0. The minimum absolute atomic E-state index is 0.0587. The van der Waals surface area contributed by atoms with Crippen LogP contribution >= 0.6 is 11.6 Å². The topological polar surface area (TPSA) is 90.4 Å². The van der Waals surface area contributed by atoms with Gasteiger partial charge in [0, 0.05) is 42.6 Å². The molecule has 3 fully saturated rings. The molecular formula is C34H40ClN3O5. The molecule has 2 aromatic rings. The van der Waals surface area contributed by atoms with Gasteiger partial charge in [0.15, 0.2) is 0 Å². The Kier molecular flexibility index (Phi) is 9.11. The van der Waals surface area contributed by atoms with Crippen LogP contribution in [0.2, 0.25) is 5.02 Å². The highest BCUT2D eigenvalue weighted by Gasteiger charge is 2.78. The molecule has 2 unspecified atom stereocenters. The average molecular weight is 606 g/mol. The van der Waals surface area contributed by atoms with E-state index in [4.69, 9.17) is 16.3 Å². The minimum Gasteiger partial charge on any atom is -0.396 e. The molecule has 1 N–H and O–H groups in total. The van der Waals surface area contributed by atoms with Crippen molar-refractivity contribution >= 4 is 40.7 Å². The number of aliphatic hydroxyl groups is 1. The zero-order valence-corrected chi connectivity index (χ0v) is 25.4. The summed E-state index contributed by atoms with van der Waals surface area (Å²) in [6.07, 6.45) is 6.28. The van der Waals surface area contributed by atoms with E-state index in [0.717, 1.165) is 0 Å². The Morgan fingerprint density at radius 1 is 0.977 bits per heavy atom. The van der Waals surface area contributed by atoms with Gasteiger partial charge in [-0.25, -0.2) is 0 Å². The molecule has 0 aliphatic carbocycles. The molecular weight excluding hydrogens is 566 g/mol. The highest BCUT2D eigenvalue weighted by atomic mass is 35.5. The van der Waals surface area contributed by atoms with Crippen molar-refractivity contribution in [2.75, 3.05) is 36.0 Å². The second-order valence-electron chi connectivity index (χ2n) is 11.8. The third-order valence-electron chi connectivity index (χ3n) is 9.20. The number of para-hydroxylation sites is 1. The van der Waals surface area contributed by atoms with E-state index >= 15 is 0 Å². The largest absolute Gasteiger partial charge is 0.396 e. The van der Waals surface area contributed by atoms with Crippen molar-refractivity contribution in [2.24, 2.45) is 11.8 Å². The zero-order chi connectivity index (χ0) is 30.8. The van der Waals surface area contributed by atoms with Crippen LogP contribution in [-0.4, -0.2) is 71.2 Å². The maximum absolute atomic E-state index is 14.7. The van der Waals surface area contributed by atoms with Crippen LogP contribution in [0.15, 0.2) is 79.9 Å². The summed E-state index contributed by atoms with van der Waals surface area (Å²) in [4.78, 5) is 48.5. The minimum atomic E-state index is -1.15. The number of nitrogens with zero attached hydrogens (tertiary/aromatic N) is 3. The van der Waals surface area contributed by atoms with Gasteiger partial charge in [-0.05, 0) is 75.4 Å². The van der Waals surface area contributed by atoms with Gasteiger partial charge in [0.05, 0.1) is 17.4 Å². The Morgan fingerprint density at radius 2 is 1.60 bits per heavy atom. The van der Waals surface area contributed by atoms with Crippen LogP contribution in [0.3, 0.4) is 0 Å². The molecule has 5 rings (SSSR count). The van der Waals surface area contributed by atoms with Crippen molar-refractivity contribution in [3.8, 4) is 0 Å². The second-order valence-corrected chi connectivity index (χ2v) is 12.3. The number of unbranched alkanes of at least 4 members (excludes halogenated alkanes) is 2. The number of halogens is 1. The van der Waals surface area contributed by atoms with Crippen LogP contribution in [0, 0.1) is 11.8 Å².